The molecule has 1 aliphatic heterocycles. The summed E-state index contributed by atoms with van der Waals surface area (Å²) in [5.41, 5.74) is 1.08. The molecular formula is C10H11LiO2. The van der Waals surface area contributed by atoms with Crippen molar-refractivity contribution in [1.29, 1.82) is 0 Å². The molecule has 1 aromatic carbocycles. The molecule has 2 nitrogen and oxygen atoms in total. The van der Waals surface area contributed by atoms with Gasteiger partial charge in [0, 0.05) is 0 Å². The summed E-state index contributed by atoms with van der Waals surface area (Å²) in [6.07, 6.45) is 0.837. The van der Waals surface area contributed by atoms with Crippen molar-refractivity contribution in [2.45, 2.75) is 12.7 Å². The van der Waals surface area contributed by atoms with E-state index in [4.69, 9.17) is 9.47 Å². The summed E-state index contributed by atoms with van der Waals surface area (Å²) in [5, 5.41) is 0. The van der Waals surface area contributed by atoms with Gasteiger partial charge in [0.05, 0.1) is 13.2 Å². The van der Waals surface area contributed by atoms with Crippen LogP contribution >= 0.6 is 0 Å². The van der Waals surface area contributed by atoms with Crippen LogP contribution < -0.4 is 18.9 Å². The maximum Gasteiger partial charge on any atom is 1.00 e. The molecule has 0 unspecified atom stereocenters. The predicted octanol–water partition coefficient (Wildman–Crippen LogP) is -1.07. The number of rotatable bonds is 1. The average molecular weight is 170 g/mol. The molecule has 0 saturated carbocycles. The summed E-state index contributed by atoms with van der Waals surface area (Å²) in [4.78, 5) is 0. The van der Waals surface area contributed by atoms with Crippen LogP contribution in [0.2, 0.25) is 0 Å². The standard InChI is InChI=1S/C10H11O2.Li/c1-2-5-9(6-3-1)10-11-7-4-8-12-10;/h2-3,5-6,10H,4,7-8H2;/q-1;+1. The normalized spacial score (nSPS) is 17.8. The van der Waals surface area contributed by atoms with Crippen LogP contribution in [0.5, 0.6) is 0 Å². The zero-order chi connectivity index (χ0) is 8.23. The van der Waals surface area contributed by atoms with Crippen molar-refractivity contribution in [3.8, 4) is 0 Å². The van der Waals surface area contributed by atoms with Gasteiger partial charge in [-0.2, -0.15) is 30.3 Å². The largest absolute Gasteiger partial charge is 1.00 e. The van der Waals surface area contributed by atoms with Crippen molar-refractivity contribution in [3.05, 3.63) is 35.9 Å². The smallest absolute Gasteiger partial charge is 0.350 e. The zero-order valence-corrected chi connectivity index (χ0v) is 7.82. The van der Waals surface area contributed by atoms with Crippen LogP contribution in [0.4, 0.5) is 0 Å². The van der Waals surface area contributed by atoms with Crippen molar-refractivity contribution >= 4 is 0 Å². The minimum atomic E-state index is -0.159. The molecule has 0 atom stereocenters. The second kappa shape index (κ2) is 5.46. The van der Waals surface area contributed by atoms with Gasteiger partial charge in [0.15, 0.2) is 6.29 Å². The van der Waals surface area contributed by atoms with E-state index in [1.807, 2.05) is 24.3 Å². The molecule has 0 N–H and O–H groups in total. The molecule has 0 aliphatic carbocycles. The van der Waals surface area contributed by atoms with E-state index in [-0.39, 0.29) is 25.2 Å². The molecule has 3 heteroatoms. The van der Waals surface area contributed by atoms with Crippen molar-refractivity contribution in [2.24, 2.45) is 0 Å². The molecule has 0 radical (unpaired) electrons. The Labute approximate surface area is 90.4 Å². The Balaban J connectivity index is 0.000000845. The SMILES string of the molecule is [Li+].[c-]1ccc(C2OCCCO2)cc1. The first-order valence-electron chi connectivity index (χ1n) is 4.16. The Hall–Kier alpha value is -0.263. The molecule has 64 valence electrons. The van der Waals surface area contributed by atoms with Crippen LogP contribution in [-0.2, 0) is 9.47 Å². The Morgan fingerprint density at radius 3 is 2.38 bits per heavy atom. The van der Waals surface area contributed by atoms with Crippen LogP contribution in [0.15, 0.2) is 24.3 Å². The topological polar surface area (TPSA) is 18.5 Å². The Morgan fingerprint density at radius 1 is 1.15 bits per heavy atom. The Bertz CT molecular complexity index is 232. The number of ether oxygens (including phenoxy) is 2. The fourth-order valence-electron chi connectivity index (χ4n) is 1.24. The maximum absolute atomic E-state index is 5.43. The van der Waals surface area contributed by atoms with Gasteiger partial charge in [0.2, 0.25) is 0 Å². The fraction of sp³-hybridized carbons (Fsp3) is 0.400. The van der Waals surface area contributed by atoms with Crippen LogP contribution in [0, 0.1) is 6.07 Å². The van der Waals surface area contributed by atoms with Gasteiger partial charge in [-0.25, -0.2) is 0 Å². The molecule has 1 aromatic rings. The third-order valence-electron chi connectivity index (χ3n) is 1.84. The third kappa shape index (κ3) is 2.86. The molecule has 0 aromatic heterocycles. The summed E-state index contributed by atoms with van der Waals surface area (Å²) in [6, 6.07) is 10.6. The van der Waals surface area contributed by atoms with Gasteiger partial charge in [-0.1, -0.05) is 0 Å². The zero-order valence-electron chi connectivity index (χ0n) is 7.82. The first-order valence-corrected chi connectivity index (χ1v) is 4.16. The van der Waals surface area contributed by atoms with E-state index in [0.717, 1.165) is 25.2 Å². The molecule has 13 heavy (non-hydrogen) atoms. The van der Waals surface area contributed by atoms with Gasteiger partial charge in [-0.05, 0) is 6.42 Å². The molecule has 1 fully saturated rings. The van der Waals surface area contributed by atoms with Crippen molar-refractivity contribution in [1.82, 2.24) is 0 Å². The van der Waals surface area contributed by atoms with Gasteiger partial charge in [-0.15, -0.1) is 5.56 Å². The van der Waals surface area contributed by atoms with Gasteiger partial charge < -0.3 is 9.47 Å². The molecule has 1 heterocycles. The minimum Gasteiger partial charge on any atom is -0.350 e. The summed E-state index contributed by atoms with van der Waals surface area (Å²) >= 11 is 0. The van der Waals surface area contributed by atoms with Crippen LogP contribution in [0.1, 0.15) is 18.3 Å². The first kappa shape index (κ1) is 10.8. The van der Waals surface area contributed by atoms with Gasteiger partial charge >= 0.3 is 18.9 Å². The van der Waals surface area contributed by atoms with Crippen molar-refractivity contribution in [3.63, 3.8) is 0 Å². The van der Waals surface area contributed by atoms with E-state index >= 15 is 0 Å². The molecule has 1 saturated heterocycles. The van der Waals surface area contributed by atoms with Gasteiger partial charge in [0.25, 0.3) is 0 Å². The molecular weight excluding hydrogens is 159 g/mol. The van der Waals surface area contributed by atoms with Crippen molar-refractivity contribution in [2.75, 3.05) is 13.2 Å². The first-order chi connectivity index (χ1) is 5.97. The minimum absolute atomic E-state index is 0. The summed E-state index contributed by atoms with van der Waals surface area (Å²) < 4.78 is 10.9. The van der Waals surface area contributed by atoms with E-state index in [0.29, 0.717) is 0 Å². The molecule has 1 aliphatic rings. The van der Waals surface area contributed by atoms with Gasteiger partial charge in [-0.3, -0.25) is 0 Å². The second-order valence-corrected chi connectivity index (χ2v) is 2.76. The maximum atomic E-state index is 5.43. The van der Waals surface area contributed by atoms with Crippen LogP contribution in [0.3, 0.4) is 0 Å². The quantitative estimate of drug-likeness (QED) is 0.394. The molecule has 0 spiro atoms. The van der Waals surface area contributed by atoms with Gasteiger partial charge in [0.1, 0.15) is 0 Å². The molecule has 2 rings (SSSR count). The average Bonchev–Trinajstić information content (AvgIpc) is 2.21. The molecule has 0 amide bonds. The molecule has 0 bridgehead atoms. The predicted molar refractivity (Wildman–Crippen MR) is 44.5 cm³/mol. The van der Waals surface area contributed by atoms with E-state index in [1.54, 1.807) is 0 Å². The second-order valence-electron chi connectivity index (χ2n) is 2.76. The summed E-state index contributed by atoms with van der Waals surface area (Å²) in [6.45, 7) is 1.59. The van der Waals surface area contributed by atoms with Crippen LogP contribution in [-0.4, -0.2) is 13.2 Å². The van der Waals surface area contributed by atoms with Crippen LogP contribution in [0.25, 0.3) is 0 Å². The Morgan fingerprint density at radius 2 is 1.77 bits per heavy atom. The van der Waals surface area contributed by atoms with Crippen molar-refractivity contribution < 1.29 is 28.3 Å². The van der Waals surface area contributed by atoms with E-state index < -0.39 is 0 Å². The summed E-state index contributed by atoms with van der Waals surface area (Å²) in [5.74, 6) is 0. The third-order valence-corrected chi connectivity index (χ3v) is 1.84. The van der Waals surface area contributed by atoms with E-state index in [9.17, 15) is 0 Å². The van der Waals surface area contributed by atoms with E-state index in [1.165, 1.54) is 0 Å². The number of hydrogen-bond donors (Lipinski definition) is 0. The number of benzene rings is 1. The monoisotopic (exact) mass is 170 g/mol. The van der Waals surface area contributed by atoms with E-state index in [2.05, 4.69) is 6.07 Å². The fourth-order valence-corrected chi connectivity index (χ4v) is 1.24. The number of hydrogen-bond acceptors (Lipinski definition) is 2. The summed E-state index contributed by atoms with van der Waals surface area (Å²) in [7, 11) is 0. The Kier molecular flexibility index (Phi) is 4.55.